The van der Waals surface area contributed by atoms with Gasteiger partial charge in [0.15, 0.2) is 0 Å². The number of hydrogen-bond donors (Lipinski definition) is 1. The lowest BCUT2D eigenvalue weighted by Crippen LogP contribution is -2.51. The summed E-state index contributed by atoms with van der Waals surface area (Å²) in [6.45, 7) is 4.35. The van der Waals surface area contributed by atoms with E-state index in [1.165, 1.54) is 12.0 Å². The molecule has 17 heavy (non-hydrogen) atoms. The quantitative estimate of drug-likeness (QED) is 0.854. The van der Waals surface area contributed by atoms with E-state index in [-0.39, 0.29) is 0 Å². The molecular weight excluding hydrogens is 212 g/mol. The summed E-state index contributed by atoms with van der Waals surface area (Å²) in [5.41, 5.74) is 1.42. The number of ether oxygens (including phenoxy) is 1. The molecule has 3 rings (SSSR count). The van der Waals surface area contributed by atoms with Gasteiger partial charge in [0.1, 0.15) is 11.9 Å². The molecule has 2 fully saturated rings. The van der Waals surface area contributed by atoms with Crippen LogP contribution in [0.5, 0.6) is 5.75 Å². The lowest BCUT2D eigenvalue weighted by Gasteiger charge is -2.36. The Balaban J connectivity index is 1.66. The zero-order valence-electron chi connectivity index (χ0n) is 10.4. The molecule has 3 heteroatoms. The molecule has 1 atom stereocenters. The van der Waals surface area contributed by atoms with E-state index in [0.29, 0.717) is 12.0 Å². The van der Waals surface area contributed by atoms with Crippen molar-refractivity contribution < 1.29 is 4.74 Å². The second-order valence-corrected chi connectivity index (χ2v) is 5.22. The molecule has 2 aliphatic rings. The molecule has 0 spiro atoms. The van der Waals surface area contributed by atoms with E-state index in [4.69, 9.17) is 4.74 Å². The highest BCUT2D eigenvalue weighted by molar-refractivity contribution is 5.32. The Kier molecular flexibility index (Phi) is 3.04. The number of likely N-dealkylation sites (N-methyl/N-ethyl adjacent to an activating group) is 1. The fraction of sp³-hybridized carbons (Fsp3) is 0.571. The summed E-state index contributed by atoms with van der Waals surface area (Å²) in [6, 6.07) is 8.63. The van der Waals surface area contributed by atoms with Crippen molar-refractivity contribution in [3.63, 3.8) is 0 Å². The van der Waals surface area contributed by atoms with Gasteiger partial charge in [-0.1, -0.05) is 12.1 Å². The largest absolute Gasteiger partial charge is 0.488 e. The number of likely N-dealkylation sites (tertiary alicyclic amines) is 1. The SMILES string of the molecule is CN1CC(Oc2cccc(C3CCNC3)c2)C1. The standard InChI is InChI=1S/C14H20N2O/c1-16-9-14(10-16)17-13-4-2-3-11(7-13)12-5-6-15-8-12/h2-4,7,12,14-15H,5-6,8-10H2,1H3. The maximum atomic E-state index is 5.96. The molecule has 0 aromatic heterocycles. The van der Waals surface area contributed by atoms with Crippen molar-refractivity contribution in [2.45, 2.75) is 18.4 Å². The molecule has 0 bridgehead atoms. The summed E-state index contributed by atoms with van der Waals surface area (Å²) >= 11 is 0. The molecule has 2 saturated heterocycles. The highest BCUT2D eigenvalue weighted by Gasteiger charge is 2.25. The molecule has 92 valence electrons. The van der Waals surface area contributed by atoms with Gasteiger partial charge in [-0.25, -0.2) is 0 Å². The fourth-order valence-electron chi connectivity index (χ4n) is 2.69. The van der Waals surface area contributed by atoms with Crippen LogP contribution in [-0.2, 0) is 0 Å². The minimum absolute atomic E-state index is 0.386. The molecule has 1 aromatic carbocycles. The van der Waals surface area contributed by atoms with Crippen LogP contribution in [0.15, 0.2) is 24.3 Å². The summed E-state index contributed by atoms with van der Waals surface area (Å²) < 4.78 is 5.96. The topological polar surface area (TPSA) is 24.5 Å². The molecule has 0 radical (unpaired) electrons. The number of hydrogen-bond acceptors (Lipinski definition) is 3. The van der Waals surface area contributed by atoms with E-state index in [9.17, 15) is 0 Å². The minimum Gasteiger partial charge on any atom is -0.488 e. The summed E-state index contributed by atoms with van der Waals surface area (Å²) in [5, 5.41) is 3.41. The van der Waals surface area contributed by atoms with Crippen molar-refractivity contribution >= 4 is 0 Å². The molecule has 3 nitrogen and oxygen atoms in total. The molecule has 0 aliphatic carbocycles. The number of rotatable bonds is 3. The van der Waals surface area contributed by atoms with Gasteiger partial charge in [-0.2, -0.15) is 0 Å². The van der Waals surface area contributed by atoms with Gasteiger partial charge in [0.25, 0.3) is 0 Å². The molecule has 1 unspecified atom stereocenters. The second-order valence-electron chi connectivity index (χ2n) is 5.22. The average Bonchev–Trinajstić information content (AvgIpc) is 2.81. The van der Waals surface area contributed by atoms with Crippen LogP contribution in [0.25, 0.3) is 0 Å². The fourth-order valence-corrected chi connectivity index (χ4v) is 2.69. The third kappa shape index (κ3) is 2.45. The third-order valence-corrected chi connectivity index (χ3v) is 3.72. The van der Waals surface area contributed by atoms with Crippen molar-refractivity contribution in [2.75, 3.05) is 33.2 Å². The van der Waals surface area contributed by atoms with Crippen molar-refractivity contribution in [3.05, 3.63) is 29.8 Å². The summed E-state index contributed by atoms with van der Waals surface area (Å²) in [5.74, 6) is 1.70. The minimum atomic E-state index is 0.386. The second kappa shape index (κ2) is 4.67. The summed E-state index contributed by atoms with van der Waals surface area (Å²) in [6.07, 6.45) is 1.63. The van der Waals surface area contributed by atoms with Crippen LogP contribution >= 0.6 is 0 Å². The number of nitrogens with zero attached hydrogens (tertiary/aromatic N) is 1. The van der Waals surface area contributed by atoms with Crippen molar-refractivity contribution in [1.29, 1.82) is 0 Å². The van der Waals surface area contributed by atoms with E-state index in [0.717, 1.165) is 31.9 Å². The van der Waals surface area contributed by atoms with Crippen LogP contribution in [0.1, 0.15) is 17.9 Å². The lowest BCUT2D eigenvalue weighted by molar-refractivity contribution is 0.0388. The molecular formula is C14H20N2O. The summed E-state index contributed by atoms with van der Waals surface area (Å²) in [4.78, 5) is 2.27. The predicted octanol–water partition coefficient (Wildman–Crippen LogP) is 1.46. The van der Waals surface area contributed by atoms with Crippen molar-refractivity contribution in [1.82, 2.24) is 10.2 Å². The molecule has 0 amide bonds. The van der Waals surface area contributed by atoms with Gasteiger partial charge in [-0.15, -0.1) is 0 Å². The number of nitrogens with one attached hydrogen (secondary N) is 1. The Labute approximate surface area is 103 Å². The Morgan fingerprint density at radius 3 is 2.94 bits per heavy atom. The Morgan fingerprint density at radius 2 is 2.24 bits per heavy atom. The molecule has 1 N–H and O–H groups in total. The monoisotopic (exact) mass is 232 g/mol. The smallest absolute Gasteiger partial charge is 0.124 e. The van der Waals surface area contributed by atoms with Crippen LogP contribution in [0.3, 0.4) is 0 Å². The average molecular weight is 232 g/mol. The van der Waals surface area contributed by atoms with Crippen LogP contribution < -0.4 is 10.1 Å². The molecule has 1 aromatic rings. The normalized spacial score (nSPS) is 25.8. The van der Waals surface area contributed by atoms with Gasteiger partial charge in [-0.05, 0) is 43.6 Å². The van der Waals surface area contributed by atoms with Crippen LogP contribution in [0.4, 0.5) is 0 Å². The Bertz CT molecular complexity index is 382. The van der Waals surface area contributed by atoms with Crippen molar-refractivity contribution in [3.8, 4) is 5.75 Å². The zero-order valence-corrected chi connectivity index (χ0v) is 10.4. The van der Waals surface area contributed by atoms with Gasteiger partial charge in [0.2, 0.25) is 0 Å². The molecule has 0 saturated carbocycles. The maximum absolute atomic E-state index is 5.96. The van der Waals surface area contributed by atoms with Gasteiger partial charge in [0, 0.05) is 19.6 Å². The van der Waals surface area contributed by atoms with E-state index < -0.39 is 0 Å². The number of benzene rings is 1. The van der Waals surface area contributed by atoms with E-state index in [2.05, 4.69) is 41.5 Å². The third-order valence-electron chi connectivity index (χ3n) is 3.72. The lowest BCUT2D eigenvalue weighted by atomic mass is 9.98. The first kappa shape index (κ1) is 11.1. The van der Waals surface area contributed by atoms with Crippen LogP contribution in [0.2, 0.25) is 0 Å². The zero-order chi connectivity index (χ0) is 11.7. The van der Waals surface area contributed by atoms with Crippen LogP contribution in [-0.4, -0.2) is 44.2 Å². The van der Waals surface area contributed by atoms with Crippen LogP contribution in [0, 0.1) is 0 Å². The van der Waals surface area contributed by atoms with Gasteiger partial charge < -0.3 is 10.1 Å². The first-order valence-corrected chi connectivity index (χ1v) is 6.47. The van der Waals surface area contributed by atoms with E-state index in [1.807, 2.05) is 0 Å². The maximum Gasteiger partial charge on any atom is 0.124 e. The Hall–Kier alpha value is -1.06. The molecule has 2 heterocycles. The van der Waals surface area contributed by atoms with Gasteiger partial charge >= 0.3 is 0 Å². The van der Waals surface area contributed by atoms with Crippen molar-refractivity contribution in [2.24, 2.45) is 0 Å². The van der Waals surface area contributed by atoms with Gasteiger partial charge in [0.05, 0.1) is 0 Å². The predicted molar refractivity (Wildman–Crippen MR) is 68.6 cm³/mol. The highest BCUT2D eigenvalue weighted by atomic mass is 16.5. The van der Waals surface area contributed by atoms with E-state index >= 15 is 0 Å². The highest BCUT2D eigenvalue weighted by Crippen LogP contribution is 2.26. The first-order chi connectivity index (χ1) is 8.31. The first-order valence-electron chi connectivity index (χ1n) is 6.47. The van der Waals surface area contributed by atoms with Gasteiger partial charge in [-0.3, -0.25) is 4.90 Å². The molecule has 2 aliphatic heterocycles. The summed E-state index contributed by atoms with van der Waals surface area (Å²) in [7, 11) is 2.13. The Morgan fingerprint density at radius 1 is 1.35 bits per heavy atom. The van der Waals surface area contributed by atoms with E-state index in [1.54, 1.807) is 0 Å².